The smallest absolute Gasteiger partial charge is 0.309 e. The van der Waals surface area contributed by atoms with E-state index < -0.39 is 0 Å². The third kappa shape index (κ3) is 5.33. The molecule has 0 saturated heterocycles. The van der Waals surface area contributed by atoms with Crippen LogP contribution in [0.4, 0.5) is 0 Å². The summed E-state index contributed by atoms with van der Waals surface area (Å²) >= 11 is 3.47. The summed E-state index contributed by atoms with van der Waals surface area (Å²) in [5.74, 6) is 0.827. The molecule has 3 nitrogen and oxygen atoms in total. The number of ether oxygens (including phenoxy) is 2. The summed E-state index contributed by atoms with van der Waals surface area (Å²) in [6, 6.07) is 18.0. The van der Waals surface area contributed by atoms with Gasteiger partial charge < -0.3 is 9.47 Å². The van der Waals surface area contributed by atoms with Crippen LogP contribution in [0.1, 0.15) is 36.8 Å². The van der Waals surface area contributed by atoms with E-state index in [1.807, 2.05) is 42.5 Å². The van der Waals surface area contributed by atoms with Gasteiger partial charge in [0.15, 0.2) is 0 Å². The first-order chi connectivity index (χ1) is 12.2. The lowest BCUT2D eigenvalue weighted by atomic mass is 9.87. The summed E-state index contributed by atoms with van der Waals surface area (Å²) in [4.78, 5) is 12.3. The molecule has 1 aliphatic carbocycles. The summed E-state index contributed by atoms with van der Waals surface area (Å²) in [5.41, 5.74) is 2.23. The van der Waals surface area contributed by atoms with Gasteiger partial charge in [-0.1, -0.05) is 58.4 Å². The van der Waals surface area contributed by atoms with Gasteiger partial charge in [-0.2, -0.15) is 0 Å². The molecule has 132 valence electrons. The zero-order chi connectivity index (χ0) is 17.5. The second-order valence-electron chi connectivity index (χ2n) is 6.47. The summed E-state index contributed by atoms with van der Waals surface area (Å²) in [5, 5.41) is 0.824. The van der Waals surface area contributed by atoms with E-state index in [0.717, 1.165) is 42.3 Å². The van der Waals surface area contributed by atoms with Gasteiger partial charge in [0, 0.05) is 5.33 Å². The maximum absolute atomic E-state index is 12.3. The molecule has 0 aliphatic heterocycles. The van der Waals surface area contributed by atoms with Crippen molar-refractivity contribution in [2.75, 3.05) is 0 Å². The van der Waals surface area contributed by atoms with E-state index in [-0.39, 0.29) is 18.0 Å². The summed E-state index contributed by atoms with van der Waals surface area (Å²) < 4.78 is 11.5. The number of hydrogen-bond donors (Lipinski definition) is 0. The first-order valence-corrected chi connectivity index (χ1v) is 9.89. The van der Waals surface area contributed by atoms with Gasteiger partial charge in [-0.25, -0.2) is 0 Å². The third-order valence-corrected chi connectivity index (χ3v) is 5.23. The van der Waals surface area contributed by atoms with Crippen LogP contribution in [0.5, 0.6) is 5.75 Å². The molecule has 0 aromatic heterocycles. The molecule has 0 amide bonds. The number of alkyl halides is 1. The minimum absolute atomic E-state index is 0.00237. The van der Waals surface area contributed by atoms with Gasteiger partial charge in [-0.3, -0.25) is 4.79 Å². The van der Waals surface area contributed by atoms with E-state index in [2.05, 4.69) is 28.1 Å². The molecule has 2 aromatic carbocycles. The van der Waals surface area contributed by atoms with Crippen molar-refractivity contribution in [3.05, 3.63) is 65.7 Å². The van der Waals surface area contributed by atoms with Crippen LogP contribution in [-0.4, -0.2) is 12.1 Å². The molecule has 3 rings (SSSR count). The molecule has 0 bridgehead atoms. The van der Waals surface area contributed by atoms with Crippen LogP contribution < -0.4 is 4.74 Å². The van der Waals surface area contributed by atoms with Crippen LogP contribution in [0.3, 0.4) is 0 Å². The van der Waals surface area contributed by atoms with Gasteiger partial charge in [0.1, 0.15) is 12.4 Å². The number of rotatable bonds is 6. The van der Waals surface area contributed by atoms with Gasteiger partial charge in [0.25, 0.3) is 0 Å². The van der Waals surface area contributed by atoms with Crippen molar-refractivity contribution in [3.63, 3.8) is 0 Å². The van der Waals surface area contributed by atoms with Crippen LogP contribution in [0.15, 0.2) is 54.6 Å². The monoisotopic (exact) mass is 402 g/mol. The second kappa shape index (κ2) is 9.04. The van der Waals surface area contributed by atoms with E-state index in [1.165, 1.54) is 5.56 Å². The Bertz CT molecular complexity index is 679. The summed E-state index contributed by atoms with van der Waals surface area (Å²) in [7, 11) is 0. The minimum atomic E-state index is -0.0800. The van der Waals surface area contributed by atoms with Crippen molar-refractivity contribution in [3.8, 4) is 5.75 Å². The predicted molar refractivity (Wildman–Crippen MR) is 102 cm³/mol. The van der Waals surface area contributed by atoms with E-state index in [4.69, 9.17) is 9.47 Å². The average Bonchev–Trinajstić information content (AvgIpc) is 2.67. The molecule has 2 aromatic rings. The fraction of sp³-hybridized carbons (Fsp3) is 0.381. The van der Waals surface area contributed by atoms with Gasteiger partial charge in [0.2, 0.25) is 0 Å². The summed E-state index contributed by atoms with van der Waals surface area (Å²) in [6.45, 7) is 0.357. The number of carbonyl (C=O) groups is 1. The van der Waals surface area contributed by atoms with E-state index >= 15 is 0 Å². The van der Waals surface area contributed by atoms with E-state index in [0.29, 0.717) is 6.61 Å². The van der Waals surface area contributed by atoms with Crippen molar-refractivity contribution in [1.82, 2.24) is 0 Å². The largest absolute Gasteiger partial charge is 0.490 e. The van der Waals surface area contributed by atoms with Crippen molar-refractivity contribution in [2.24, 2.45) is 5.92 Å². The fourth-order valence-corrected chi connectivity index (χ4v) is 3.51. The molecule has 1 fully saturated rings. The van der Waals surface area contributed by atoms with Crippen LogP contribution in [0.2, 0.25) is 0 Å². The van der Waals surface area contributed by atoms with Crippen molar-refractivity contribution in [1.29, 1.82) is 0 Å². The Labute approximate surface area is 157 Å². The third-order valence-electron chi connectivity index (χ3n) is 4.59. The molecule has 25 heavy (non-hydrogen) atoms. The number of carbonyl (C=O) groups excluding carboxylic acids is 1. The first kappa shape index (κ1) is 18.0. The molecule has 0 atom stereocenters. The van der Waals surface area contributed by atoms with E-state index in [1.54, 1.807) is 0 Å². The Hall–Kier alpha value is -1.81. The molecule has 0 spiro atoms. The lowest BCUT2D eigenvalue weighted by molar-refractivity contribution is -0.151. The molecule has 0 heterocycles. The molecular formula is C21H23BrO3. The maximum Gasteiger partial charge on any atom is 0.309 e. The molecule has 1 aliphatic rings. The van der Waals surface area contributed by atoms with Crippen molar-refractivity contribution < 1.29 is 14.3 Å². The number of benzene rings is 2. The Morgan fingerprint density at radius 2 is 1.68 bits per heavy atom. The van der Waals surface area contributed by atoms with Crippen LogP contribution in [0.25, 0.3) is 0 Å². The van der Waals surface area contributed by atoms with E-state index in [9.17, 15) is 4.79 Å². The minimum Gasteiger partial charge on any atom is -0.490 e. The Balaban J connectivity index is 1.44. The zero-order valence-electron chi connectivity index (χ0n) is 14.2. The highest BCUT2D eigenvalue weighted by Crippen LogP contribution is 2.29. The highest BCUT2D eigenvalue weighted by Gasteiger charge is 2.28. The van der Waals surface area contributed by atoms with Crippen LogP contribution >= 0.6 is 15.9 Å². The highest BCUT2D eigenvalue weighted by atomic mass is 79.9. The Morgan fingerprint density at radius 3 is 2.40 bits per heavy atom. The normalized spacial score (nSPS) is 20.0. The maximum atomic E-state index is 12.3. The average molecular weight is 403 g/mol. The molecule has 0 N–H and O–H groups in total. The Morgan fingerprint density at radius 1 is 0.960 bits per heavy atom. The quantitative estimate of drug-likeness (QED) is 0.488. The predicted octanol–water partition coefficient (Wildman–Crippen LogP) is 5.26. The fourth-order valence-electron chi connectivity index (χ4n) is 3.16. The number of halogens is 1. The van der Waals surface area contributed by atoms with Crippen LogP contribution in [0, 0.1) is 5.92 Å². The topological polar surface area (TPSA) is 35.5 Å². The Kier molecular flexibility index (Phi) is 6.51. The van der Waals surface area contributed by atoms with Crippen LogP contribution in [-0.2, 0) is 21.5 Å². The standard InChI is InChI=1S/C21H23BrO3/c22-14-17-7-4-8-20(13-17)25-19-11-9-18(10-12-19)21(23)24-15-16-5-2-1-3-6-16/h1-8,13,18-19H,9-12,14-15H2. The van der Waals surface area contributed by atoms with Crippen molar-refractivity contribution >= 4 is 21.9 Å². The molecular weight excluding hydrogens is 380 g/mol. The highest BCUT2D eigenvalue weighted by molar-refractivity contribution is 9.08. The summed E-state index contributed by atoms with van der Waals surface area (Å²) in [6.07, 6.45) is 3.63. The molecule has 1 saturated carbocycles. The second-order valence-corrected chi connectivity index (χ2v) is 7.03. The van der Waals surface area contributed by atoms with Gasteiger partial charge in [0.05, 0.1) is 12.0 Å². The number of hydrogen-bond acceptors (Lipinski definition) is 3. The zero-order valence-corrected chi connectivity index (χ0v) is 15.8. The molecule has 0 radical (unpaired) electrons. The lowest BCUT2D eigenvalue weighted by Gasteiger charge is -2.28. The first-order valence-electron chi connectivity index (χ1n) is 8.76. The van der Waals surface area contributed by atoms with Crippen molar-refractivity contribution in [2.45, 2.75) is 43.7 Å². The molecule has 4 heteroatoms. The molecule has 0 unspecified atom stereocenters. The van der Waals surface area contributed by atoms with Gasteiger partial charge in [-0.05, 0) is 48.9 Å². The number of esters is 1. The SMILES string of the molecule is O=C(OCc1ccccc1)C1CCC(Oc2cccc(CBr)c2)CC1. The van der Waals surface area contributed by atoms with Gasteiger partial charge in [-0.15, -0.1) is 0 Å². The van der Waals surface area contributed by atoms with Gasteiger partial charge >= 0.3 is 5.97 Å². The lowest BCUT2D eigenvalue weighted by Crippen LogP contribution is -2.29.